The largest absolute Gasteiger partial charge is 0.473 e. The minimum atomic E-state index is -1.82. The highest BCUT2D eigenvalue weighted by Gasteiger charge is 2.41. The summed E-state index contributed by atoms with van der Waals surface area (Å²) in [5.41, 5.74) is 5.08. The molecule has 2 N–H and O–H groups in total. The number of hydrogen-bond acceptors (Lipinski definition) is 4. The lowest BCUT2D eigenvalue weighted by molar-refractivity contribution is -0.159. The predicted octanol–water partition coefficient (Wildman–Crippen LogP) is 5.92. The number of hydrogen-bond donors (Lipinski definition) is 2. The van der Waals surface area contributed by atoms with Crippen molar-refractivity contribution < 1.29 is 28.9 Å². The fourth-order valence-corrected chi connectivity index (χ4v) is 4.36. The van der Waals surface area contributed by atoms with Crippen LogP contribution < -0.4 is 0 Å². The Labute approximate surface area is 220 Å². The lowest BCUT2D eigenvalue weighted by Crippen LogP contribution is -2.28. The van der Waals surface area contributed by atoms with E-state index in [0.717, 1.165) is 41.1 Å². The molecule has 1 atom stereocenters. The van der Waals surface area contributed by atoms with Gasteiger partial charge >= 0.3 is 11.9 Å². The predicted molar refractivity (Wildman–Crippen MR) is 142 cm³/mol. The standard InChI is InChI=1S/C27H27ClFNO.C2H2O4/c1-30(2)17-3-16-27(23-9-13-25(29)14-10-23)26-15-8-21(18-22(26)19-31-27)5-4-20-6-11-24(28)12-7-20;3-1(4)2(5)6/h4-15,18H,3,16-17,19H2,1-2H3;(H,3,4)(H,5,6)/b5-4+;. The third-order valence-corrected chi connectivity index (χ3v) is 6.26. The summed E-state index contributed by atoms with van der Waals surface area (Å²) in [4.78, 5) is 20.4. The van der Waals surface area contributed by atoms with Gasteiger partial charge in [0.05, 0.1) is 6.61 Å². The summed E-state index contributed by atoms with van der Waals surface area (Å²) >= 11 is 5.97. The van der Waals surface area contributed by atoms with Crippen molar-refractivity contribution in [3.05, 3.63) is 105 Å². The first-order valence-corrected chi connectivity index (χ1v) is 12.1. The Morgan fingerprint density at radius 2 is 1.57 bits per heavy atom. The summed E-state index contributed by atoms with van der Waals surface area (Å²) in [5, 5.41) is 15.5. The van der Waals surface area contributed by atoms with Crippen LogP contribution in [0.3, 0.4) is 0 Å². The molecule has 194 valence electrons. The zero-order valence-electron chi connectivity index (χ0n) is 20.7. The van der Waals surface area contributed by atoms with E-state index in [1.165, 1.54) is 23.3 Å². The lowest BCUT2D eigenvalue weighted by atomic mass is 9.81. The normalized spacial score (nSPS) is 16.4. The number of ether oxygens (including phenoxy) is 1. The summed E-state index contributed by atoms with van der Waals surface area (Å²) in [6, 6.07) is 21.0. The number of halogens is 2. The second kappa shape index (κ2) is 12.6. The molecular weight excluding hydrogens is 497 g/mol. The van der Waals surface area contributed by atoms with Gasteiger partial charge in [0.25, 0.3) is 0 Å². The number of aliphatic carboxylic acids is 2. The van der Waals surface area contributed by atoms with Gasteiger partial charge in [-0.1, -0.05) is 60.2 Å². The first kappa shape index (κ1) is 28.1. The van der Waals surface area contributed by atoms with E-state index in [2.05, 4.69) is 49.3 Å². The van der Waals surface area contributed by atoms with Crippen molar-refractivity contribution in [2.24, 2.45) is 0 Å². The summed E-state index contributed by atoms with van der Waals surface area (Å²) in [5.74, 6) is -3.88. The molecule has 0 aliphatic carbocycles. The van der Waals surface area contributed by atoms with Crippen LogP contribution in [0.5, 0.6) is 0 Å². The topological polar surface area (TPSA) is 87.1 Å². The van der Waals surface area contributed by atoms with Crippen molar-refractivity contribution in [3.63, 3.8) is 0 Å². The van der Waals surface area contributed by atoms with Crippen molar-refractivity contribution in [2.75, 3.05) is 20.6 Å². The van der Waals surface area contributed by atoms with Gasteiger partial charge in [0.2, 0.25) is 0 Å². The molecule has 0 spiro atoms. The highest BCUT2D eigenvalue weighted by molar-refractivity contribution is 6.30. The average molecular weight is 526 g/mol. The van der Waals surface area contributed by atoms with Crippen molar-refractivity contribution in [2.45, 2.75) is 25.0 Å². The van der Waals surface area contributed by atoms with E-state index >= 15 is 0 Å². The maximum atomic E-state index is 13.6. The number of carboxylic acid groups (broad SMARTS) is 2. The first-order chi connectivity index (χ1) is 17.6. The number of carboxylic acids is 2. The SMILES string of the molecule is CN(C)CCCC1(c2ccc(F)cc2)OCc2cc(/C=C/c3ccc(Cl)cc3)ccc21.O=C(O)C(=O)O. The van der Waals surface area contributed by atoms with Crippen LogP contribution >= 0.6 is 11.6 Å². The van der Waals surface area contributed by atoms with E-state index in [0.29, 0.717) is 6.61 Å². The van der Waals surface area contributed by atoms with E-state index in [1.54, 1.807) is 0 Å². The van der Waals surface area contributed by atoms with E-state index in [4.69, 9.17) is 36.1 Å². The quantitative estimate of drug-likeness (QED) is 0.294. The van der Waals surface area contributed by atoms with Crippen LogP contribution in [0.1, 0.15) is 40.7 Å². The monoisotopic (exact) mass is 525 g/mol. The maximum absolute atomic E-state index is 13.6. The summed E-state index contributed by atoms with van der Waals surface area (Å²) in [7, 11) is 4.15. The molecule has 0 saturated carbocycles. The van der Waals surface area contributed by atoms with E-state index < -0.39 is 17.5 Å². The maximum Gasteiger partial charge on any atom is 0.414 e. The van der Waals surface area contributed by atoms with Gasteiger partial charge in [0.15, 0.2) is 0 Å². The third kappa shape index (κ3) is 7.49. The van der Waals surface area contributed by atoms with Crippen LogP contribution in [0.2, 0.25) is 5.02 Å². The summed E-state index contributed by atoms with van der Waals surface area (Å²) < 4.78 is 20.1. The Hall–Kier alpha value is -3.52. The minimum absolute atomic E-state index is 0.229. The molecule has 8 heteroatoms. The van der Waals surface area contributed by atoms with Gasteiger partial charge in [0, 0.05) is 5.02 Å². The van der Waals surface area contributed by atoms with Crippen LogP contribution in [0.25, 0.3) is 12.2 Å². The number of benzene rings is 3. The molecule has 3 aromatic rings. The second-order valence-corrected chi connectivity index (χ2v) is 9.38. The molecular formula is C29H29ClFNO5. The molecule has 0 fully saturated rings. The zero-order chi connectivity index (χ0) is 27.0. The smallest absolute Gasteiger partial charge is 0.414 e. The molecule has 0 saturated heterocycles. The minimum Gasteiger partial charge on any atom is -0.473 e. The van der Waals surface area contributed by atoms with Crippen molar-refractivity contribution >= 4 is 35.7 Å². The molecule has 37 heavy (non-hydrogen) atoms. The van der Waals surface area contributed by atoms with E-state index in [1.807, 2.05) is 36.4 Å². The highest BCUT2D eigenvalue weighted by Crippen LogP contribution is 2.45. The van der Waals surface area contributed by atoms with Crippen LogP contribution in [-0.4, -0.2) is 47.7 Å². The molecule has 1 aliphatic heterocycles. The molecule has 6 nitrogen and oxygen atoms in total. The number of nitrogens with zero attached hydrogens (tertiary/aromatic N) is 1. The van der Waals surface area contributed by atoms with Gasteiger partial charge in [-0.15, -0.1) is 0 Å². The van der Waals surface area contributed by atoms with Crippen LogP contribution in [0.4, 0.5) is 4.39 Å². The Balaban J connectivity index is 0.000000568. The van der Waals surface area contributed by atoms with Gasteiger partial charge in [-0.05, 0) is 91.6 Å². The second-order valence-electron chi connectivity index (χ2n) is 8.94. The molecule has 1 unspecified atom stereocenters. The van der Waals surface area contributed by atoms with Crippen molar-refractivity contribution in [1.29, 1.82) is 0 Å². The average Bonchev–Trinajstić information content (AvgIpc) is 3.23. The summed E-state index contributed by atoms with van der Waals surface area (Å²) in [6.07, 6.45) is 6.03. The fraction of sp³-hybridized carbons (Fsp3) is 0.241. The Kier molecular flexibility index (Phi) is 9.58. The summed E-state index contributed by atoms with van der Waals surface area (Å²) in [6.45, 7) is 1.53. The molecule has 0 amide bonds. The van der Waals surface area contributed by atoms with E-state index in [9.17, 15) is 4.39 Å². The molecule has 0 aromatic heterocycles. The van der Waals surface area contributed by atoms with Crippen LogP contribution in [0.15, 0.2) is 66.7 Å². The number of fused-ring (bicyclic) bond motifs is 1. The fourth-order valence-electron chi connectivity index (χ4n) is 4.23. The van der Waals surface area contributed by atoms with E-state index in [-0.39, 0.29) is 5.82 Å². The van der Waals surface area contributed by atoms with Gasteiger partial charge < -0.3 is 19.8 Å². The Morgan fingerprint density at radius 3 is 2.16 bits per heavy atom. The zero-order valence-corrected chi connectivity index (χ0v) is 21.4. The molecule has 1 heterocycles. The van der Waals surface area contributed by atoms with Crippen molar-refractivity contribution in [3.8, 4) is 0 Å². The number of carbonyl (C=O) groups is 2. The van der Waals surface area contributed by atoms with Gasteiger partial charge in [-0.25, -0.2) is 14.0 Å². The molecule has 0 radical (unpaired) electrons. The van der Waals surface area contributed by atoms with Gasteiger partial charge in [-0.3, -0.25) is 0 Å². The molecule has 1 aliphatic rings. The van der Waals surface area contributed by atoms with Crippen LogP contribution in [-0.2, 0) is 26.5 Å². The molecule has 0 bridgehead atoms. The Morgan fingerprint density at radius 1 is 0.973 bits per heavy atom. The van der Waals surface area contributed by atoms with Gasteiger partial charge in [0.1, 0.15) is 11.4 Å². The van der Waals surface area contributed by atoms with Crippen molar-refractivity contribution in [1.82, 2.24) is 4.90 Å². The number of rotatable bonds is 7. The Bertz CT molecular complexity index is 1250. The lowest BCUT2D eigenvalue weighted by Gasteiger charge is -2.31. The van der Waals surface area contributed by atoms with Crippen LogP contribution in [0, 0.1) is 5.82 Å². The molecule has 4 rings (SSSR count). The third-order valence-electron chi connectivity index (χ3n) is 6.00. The highest BCUT2D eigenvalue weighted by atomic mass is 35.5. The van der Waals surface area contributed by atoms with Gasteiger partial charge in [-0.2, -0.15) is 0 Å². The molecule has 3 aromatic carbocycles. The first-order valence-electron chi connectivity index (χ1n) is 11.7.